The molecular weight excluding hydrogens is 455 g/mol. The van der Waals surface area contributed by atoms with Gasteiger partial charge in [-0.25, -0.2) is 15.0 Å². The Bertz CT molecular complexity index is 1340. The van der Waals surface area contributed by atoms with Crippen LogP contribution in [0.5, 0.6) is 0 Å². The van der Waals surface area contributed by atoms with Crippen LogP contribution >= 0.6 is 23.2 Å². The monoisotopic (exact) mass is 472 g/mol. The van der Waals surface area contributed by atoms with Gasteiger partial charge in [-0.1, -0.05) is 30.1 Å². The van der Waals surface area contributed by atoms with Crippen LogP contribution in [-0.2, 0) is 0 Å². The van der Waals surface area contributed by atoms with Crippen molar-refractivity contribution in [2.24, 2.45) is 0 Å². The van der Waals surface area contributed by atoms with Gasteiger partial charge in [-0.15, -0.1) is 0 Å². The maximum atomic E-state index is 11.5. The highest BCUT2D eigenvalue weighted by Crippen LogP contribution is 2.33. The number of nitro groups is 1. The Morgan fingerprint density at radius 1 is 1.22 bits per heavy atom. The van der Waals surface area contributed by atoms with Crippen molar-refractivity contribution in [3.8, 4) is 11.3 Å². The first kappa shape index (κ1) is 21.6. The van der Waals surface area contributed by atoms with Gasteiger partial charge in [0.25, 0.3) is 0 Å². The van der Waals surface area contributed by atoms with Gasteiger partial charge in [-0.2, -0.15) is 0 Å². The fourth-order valence-corrected chi connectivity index (χ4v) is 3.92. The van der Waals surface area contributed by atoms with E-state index in [1.807, 2.05) is 6.92 Å². The average molecular weight is 473 g/mol. The molecule has 0 saturated carbocycles. The van der Waals surface area contributed by atoms with Gasteiger partial charge in [0.15, 0.2) is 0 Å². The molecule has 1 atom stereocenters. The van der Waals surface area contributed by atoms with Crippen LogP contribution < -0.4 is 16.8 Å². The number of nitrogens with zero attached hydrogens (tertiary/aromatic N) is 5. The predicted molar refractivity (Wildman–Crippen MR) is 125 cm³/mol. The molecule has 3 aromatic heterocycles. The number of hydrogen-bond acceptors (Lipinski definition) is 8. The SMILES string of the molecule is CC(CNc1nc(-c2ccc(Cl)cc2Cl)cc2nccn12)c1cc(N)nc(N)c1[N+](=O)[O-]. The third-order valence-electron chi connectivity index (χ3n) is 4.95. The standard InChI is InChI=1S/C20H18Cl2N8O2/c1-10(13-7-16(23)28-19(24)18(13)30(31)32)9-26-20-27-15(8-17-25-4-5-29(17)20)12-3-2-11(21)6-14(12)22/h2-8,10H,9H2,1H3,(H,26,27)(H4,23,24,28). The van der Waals surface area contributed by atoms with Crippen LogP contribution in [0.3, 0.4) is 0 Å². The van der Waals surface area contributed by atoms with E-state index in [1.54, 1.807) is 41.1 Å². The van der Waals surface area contributed by atoms with Crippen LogP contribution in [0, 0.1) is 10.1 Å². The van der Waals surface area contributed by atoms with E-state index in [2.05, 4.69) is 20.3 Å². The molecule has 4 aromatic rings. The molecule has 0 fully saturated rings. The number of pyridine rings is 1. The smallest absolute Gasteiger partial charge is 0.314 e. The number of halogens is 2. The largest absolute Gasteiger partial charge is 0.384 e. The van der Waals surface area contributed by atoms with Gasteiger partial charge < -0.3 is 16.8 Å². The van der Waals surface area contributed by atoms with Crippen LogP contribution in [0.1, 0.15) is 18.4 Å². The summed E-state index contributed by atoms with van der Waals surface area (Å²) in [4.78, 5) is 23.8. The molecule has 0 radical (unpaired) electrons. The highest BCUT2D eigenvalue weighted by Gasteiger charge is 2.25. The number of rotatable bonds is 6. The van der Waals surface area contributed by atoms with E-state index in [0.717, 1.165) is 0 Å². The van der Waals surface area contributed by atoms with Crippen molar-refractivity contribution in [3.63, 3.8) is 0 Å². The lowest BCUT2D eigenvalue weighted by molar-refractivity contribution is -0.385. The summed E-state index contributed by atoms with van der Waals surface area (Å²) in [5, 5.41) is 15.7. The molecule has 0 saturated heterocycles. The number of nitrogens with two attached hydrogens (primary N) is 2. The number of nitrogens with one attached hydrogen (secondary N) is 1. The fraction of sp³-hybridized carbons (Fsp3) is 0.150. The van der Waals surface area contributed by atoms with Crippen LogP contribution in [0.15, 0.2) is 42.7 Å². The number of hydrogen-bond donors (Lipinski definition) is 3. The molecule has 5 N–H and O–H groups in total. The van der Waals surface area contributed by atoms with E-state index in [0.29, 0.717) is 45.0 Å². The molecule has 0 spiro atoms. The molecule has 32 heavy (non-hydrogen) atoms. The van der Waals surface area contributed by atoms with Gasteiger partial charge in [-0.05, 0) is 24.3 Å². The first-order valence-electron chi connectivity index (χ1n) is 9.48. The van der Waals surface area contributed by atoms with Crippen LogP contribution in [0.2, 0.25) is 10.0 Å². The molecule has 12 heteroatoms. The minimum atomic E-state index is -0.552. The summed E-state index contributed by atoms with van der Waals surface area (Å²) in [6.07, 6.45) is 3.40. The lowest BCUT2D eigenvalue weighted by Crippen LogP contribution is -2.16. The number of fused-ring (bicyclic) bond motifs is 1. The molecule has 3 heterocycles. The summed E-state index contributed by atoms with van der Waals surface area (Å²) in [6.45, 7) is 2.13. The van der Waals surface area contributed by atoms with E-state index >= 15 is 0 Å². The molecular formula is C20H18Cl2N8O2. The second kappa shape index (κ2) is 8.48. The minimum Gasteiger partial charge on any atom is -0.384 e. The van der Waals surface area contributed by atoms with Crippen LogP contribution in [0.25, 0.3) is 16.9 Å². The summed E-state index contributed by atoms with van der Waals surface area (Å²) < 4.78 is 1.77. The van der Waals surface area contributed by atoms with E-state index < -0.39 is 4.92 Å². The summed E-state index contributed by atoms with van der Waals surface area (Å²) in [5.74, 6) is 0.0625. The average Bonchev–Trinajstić information content (AvgIpc) is 3.19. The van der Waals surface area contributed by atoms with Gasteiger partial charge in [0, 0.05) is 47.1 Å². The Morgan fingerprint density at radius 3 is 2.72 bits per heavy atom. The van der Waals surface area contributed by atoms with Crippen molar-refractivity contribution in [3.05, 3.63) is 68.4 Å². The Morgan fingerprint density at radius 2 is 2.00 bits per heavy atom. The van der Waals surface area contributed by atoms with E-state index in [4.69, 9.17) is 34.7 Å². The minimum absolute atomic E-state index is 0.115. The van der Waals surface area contributed by atoms with Gasteiger partial charge in [-0.3, -0.25) is 14.5 Å². The zero-order valence-electron chi connectivity index (χ0n) is 16.8. The highest BCUT2D eigenvalue weighted by atomic mass is 35.5. The number of aromatic nitrogens is 4. The lowest BCUT2D eigenvalue weighted by Gasteiger charge is -2.16. The first-order chi connectivity index (χ1) is 15.2. The third-order valence-corrected chi connectivity index (χ3v) is 5.49. The van der Waals surface area contributed by atoms with Crippen molar-refractivity contribution in [2.75, 3.05) is 23.3 Å². The maximum Gasteiger partial charge on any atom is 0.314 e. The van der Waals surface area contributed by atoms with Gasteiger partial charge in [0.2, 0.25) is 11.8 Å². The molecule has 0 amide bonds. The summed E-state index contributed by atoms with van der Waals surface area (Å²) >= 11 is 12.4. The Kier molecular flexibility index (Phi) is 5.72. The van der Waals surface area contributed by atoms with Gasteiger partial charge in [0.1, 0.15) is 11.5 Å². The molecule has 0 bridgehead atoms. The molecule has 10 nitrogen and oxygen atoms in total. The second-order valence-corrected chi connectivity index (χ2v) is 8.00. The Labute approximate surface area is 192 Å². The maximum absolute atomic E-state index is 11.5. The Hall–Kier alpha value is -3.63. The first-order valence-corrected chi connectivity index (χ1v) is 10.2. The van der Waals surface area contributed by atoms with E-state index in [9.17, 15) is 10.1 Å². The third kappa shape index (κ3) is 4.10. The molecule has 4 rings (SSSR count). The highest BCUT2D eigenvalue weighted by molar-refractivity contribution is 6.36. The van der Waals surface area contributed by atoms with Gasteiger partial charge >= 0.3 is 5.69 Å². The molecule has 1 unspecified atom stereocenters. The molecule has 0 aliphatic rings. The van der Waals surface area contributed by atoms with Crippen molar-refractivity contribution < 1.29 is 4.92 Å². The predicted octanol–water partition coefficient (Wildman–Crippen LogP) is 4.39. The number of benzene rings is 1. The van der Waals surface area contributed by atoms with Crippen molar-refractivity contribution >= 4 is 52.1 Å². The van der Waals surface area contributed by atoms with Crippen LogP contribution in [-0.4, -0.2) is 30.8 Å². The number of anilines is 3. The van der Waals surface area contributed by atoms with E-state index in [1.165, 1.54) is 6.07 Å². The number of imidazole rings is 1. The second-order valence-electron chi connectivity index (χ2n) is 7.15. The summed E-state index contributed by atoms with van der Waals surface area (Å²) in [6, 6.07) is 8.42. The molecule has 0 aliphatic carbocycles. The van der Waals surface area contributed by atoms with Crippen molar-refractivity contribution in [1.82, 2.24) is 19.4 Å². The zero-order valence-corrected chi connectivity index (χ0v) is 18.3. The van der Waals surface area contributed by atoms with Crippen molar-refractivity contribution in [1.29, 1.82) is 0 Å². The number of nitrogen functional groups attached to an aromatic ring is 2. The van der Waals surface area contributed by atoms with Gasteiger partial charge in [0.05, 0.1) is 15.6 Å². The summed E-state index contributed by atoms with van der Waals surface area (Å²) in [5.41, 5.74) is 13.6. The molecule has 1 aromatic carbocycles. The molecule has 0 aliphatic heterocycles. The van der Waals surface area contributed by atoms with Crippen molar-refractivity contribution in [2.45, 2.75) is 12.8 Å². The fourth-order valence-electron chi connectivity index (χ4n) is 3.41. The van der Waals surface area contributed by atoms with Crippen LogP contribution in [0.4, 0.5) is 23.3 Å². The Balaban J connectivity index is 1.68. The quantitative estimate of drug-likeness (QED) is 0.276. The van der Waals surface area contributed by atoms with E-state index in [-0.39, 0.29) is 23.2 Å². The summed E-state index contributed by atoms with van der Waals surface area (Å²) in [7, 11) is 0. The lowest BCUT2D eigenvalue weighted by atomic mass is 10.00. The molecule has 164 valence electrons. The zero-order chi connectivity index (χ0) is 23.0. The topological polar surface area (TPSA) is 150 Å². The normalized spacial score (nSPS) is 12.1.